The number of nitrogens with one attached hydrogen (secondary N) is 1. The summed E-state index contributed by atoms with van der Waals surface area (Å²) in [6.07, 6.45) is 5.89. The van der Waals surface area contributed by atoms with Gasteiger partial charge >= 0.3 is 0 Å². The first-order valence-electron chi connectivity index (χ1n) is 10.5. The van der Waals surface area contributed by atoms with E-state index in [1.807, 2.05) is 10.8 Å². The molecular weight excluding hydrogens is 460 g/mol. The Kier molecular flexibility index (Phi) is 8.36. The van der Waals surface area contributed by atoms with Crippen LogP contribution in [0.1, 0.15) is 6.42 Å². The molecule has 11 heteroatoms. The average Bonchev–Trinajstić information content (AvgIpc) is 3.38. The van der Waals surface area contributed by atoms with Gasteiger partial charge in [-0.25, -0.2) is 13.4 Å². The van der Waals surface area contributed by atoms with Crippen molar-refractivity contribution < 1.29 is 27.4 Å². The van der Waals surface area contributed by atoms with Crippen LogP contribution in [0.5, 0.6) is 17.2 Å². The van der Waals surface area contributed by atoms with E-state index in [2.05, 4.69) is 10.3 Å². The first-order valence-corrected chi connectivity index (χ1v) is 11.9. The van der Waals surface area contributed by atoms with Crippen molar-refractivity contribution in [2.75, 3.05) is 38.7 Å². The lowest BCUT2D eigenvalue weighted by Crippen LogP contribution is -2.41. The fraction of sp³-hybridized carbons (Fsp3) is 0.304. The number of hydrogen-bond acceptors (Lipinski definition) is 7. The summed E-state index contributed by atoms with van der Waals surface area (Å²) in [5, 5.41) is 2.78. The highest BCUT2D eigenvalue weighted by Gasteiger charge is 2.28. The van der Waals surface area contributed by atoms with Gasteiger partial charge < -0.3 is 24.1 Å². The topological polar surface area (TPSA) is 112 Å². The molecule has 3 aromatic rings. The number of nitrogens with zero attached hydrogens (tertiary/aromatic N) is 3. The quantitative estimate of drug-likeness (QED) is 0.389. The minimum Gasteiger partial charge on any atom is -0.497 e. The zero-order valence-corrected chi connectivity index (χ0v) is 20.1. The molecule has 0 saturated heterocycles. The smallest absolute Gasteiger partial charge is 0.264 e. The number of carbonyl (C=O) groups is 1. The largest absolute Gasteiger partial charge is 0.497 e. The molecule has 1 N–H and O–H groups in total. The van der Waals surface area contributed by atoms with Crippen LogP contribution in [0.3, 0.4) is 0 Å². The van der Waals surface area contributed by atoms with Crippen molar-refractivity contribution in [3.63, 3.8) is 0 Å². The number of benzene rings is 2. The number of sulfonamides is 1. The number of aryl methyl sites for hydroxylation is 1. The van der Waals surface area contributed by atoms with Gasteiger partial charge in [0.25, 0.3) is 10.0 Å². The van der Waals surface area contributed by atoms with Crippen LogP contribution in [-0.2, 0) is 21.4 Å². The van der Waals surface area contributed by atoms with Crippen LogP contribution in [0, 0.1) is 0 Å². The van der Waals surface area contributed by atoms with Crippen molar-refractivity contribution in [2.45, 2.75) is 17.9 Å². The number of rotatable bonds is 12. The van der Waals surface area contributed by atoms with E-state index in [-0.39, 0.29) is 10.6 Å². The first-order chi connectivity index (χ1) is 16.4. The summed E-state index contributed by atoms with van der Waals surface area (Å²) in [5.74, 6) is 0.803. The Labute approximate surface area is 199 Å². The monoisotopic (exact) mass is 488 g/mol. The van der Waals surface area contributed by atoms with E-state index in [0.717, 1.165) is 4.31 Å². The highest BCUT2D eigenvalue weighted by molar-refractivity contribution is 7.92. The summed E-state index contributed by atoms with van der Waals surface area (Å²) >= 11 is 0. The Morgan fingerprint density at radius 2 is 1.76 bits per heavy atom. The maximum absolute atomic E-state index is 13.6. The molecule has 0 bridgehead atoms. The standard InChI is InChI=1S/C23H28N4O6S/c1-31-19-7-5-18(6-8-19)27(16-23(28)25-11-4-13-26-14-12-24-17-26)34(29,30)20-9-10-21(32-2)22(15-20)33-3/h5-10,12,14-15,17H,4,11,13,16H2,1-3H3,(H,25,28). The van der Waals surface area contributed by atoms with Gasteiger partial charge in [-0.05, 0) is 42.8 Å². The minimum absolute atomic E-state index is 0.0334. The Hall–Kier alpha value is -3.73. The van der Waals surface area contributed by atoms with E-state index in [1.165, 1.54) is 39.5 Å². The molecule has 10 nitrogen and oxygen atoms in total. The van der Waals surface area contributed by atoms with E-state index < -0.39 is 22.5 Å². The number of hydrogen-bond donors (Lipinski definition) is 1. The molecule has 0 aliphatic carbocycles. The molecule has 0 fully saturated rings. The molecular formula is C23H28N4O6S. The predicted octanol–water partition coefficient (Wildman–Crippen LogP) is 2.31. The van der Waals surface area contributed by atoms with Gasteiger partial charge in [0.1, 0.15) is 12.3 Å². The average molecular weight is 489 g/mol. The van der Waals surface area contributed by atoms with E-state index in [1.54, 1.807) is 36.8 Å². The second-order valence-corrected chi connectivity index (χ2v) is 9.09. The summed E-state index contributed by atoms with van der Waals surface area (Å²) in [7, 11) is 0.298. The molecule has 0 aliphatic heterocycles. The SMILES string of the molecule is COc1ccc(N(CC(=O)NCCCn2ccnc2)S(=O)(=O)c2ccc(OC)c(OC)c2)cc1. The third-order valence-corrected chi connectivity index (χ3v) is 6.83. The van der Waals surface area contributed by atoms with Gasteiger partial charge in [0.15, 0.2) is 11.5 Å². The molecule has 3 rings (SSSR count). The van der Waals surface area contributed by atoms with Gasteiger partial charge in [0, 0.05) is 31.5 Å². The van der Waals surface area contributed by atoms with E-state index in [9.17, 15) is 13.2 Å². The maximum atomic E-state index is 13.6. The number of methoxy groups -OCH3 is 3. The lowest BCUT2D eigenvalue weighted by molar-refractivity contribution is -0.119. The zero-order valence-electron chi connectivity index (χ0n) is 19.3. The Morgan fingerprint density at radius 3 is 2.38 bits per heavy atom. The fourth-order valence-electron chi connectivity index (χ4n) is 3.26. The molecule has 0 unspecified atom stereocenters. The maximum Gasteiger partial charge on any atom is 0.264 e. The number of carbonyl (C=O) groups excluding carboxylic acids is 1. The van der Waals surface area contributed by atoms with Crippen LogP contribution in [-0.4, -0.2) is 58.3 Å². The van der Waals surface area contributed by atoms with Crippen molar-refractivity contribution in [3.05, 3.63) is 61.2 Å². The summed E-state index contributed by atoms with van der Waals surface area (Å²) < 4.78 is 45.7. The highest BCUT2D eigenvalue weighted by atomic mass is 32.2. The number of imidazole rings is 1. The second-order valence-electron chi connectivity index (χ2n) is 7.23. The van der Waals surface area contributed by atoms with Gasteiger partial charge in [-0.2, -0.15) is 0 Å². The van der Waals surface area contributed by atoms with Gasteiger partial charge in [0.2, 0.25) is 5.91 Å². The summed E-state index contributed by atoms with van der Waals surface area (Å²) in [5.41, 5.74) is 0.323. The molecule has 2 aromatic carbocycles. The molecule has 0 atom stereocenters. The second kappa shape index (κ2) is 11.4. The summed E-state index contributed by atoms with van der Waals surface area (Å²) in [4.78, 5) is 16.7. The number of amides is 1. The summed E-state index contributed by atoms with van der Waals surface area (Å²) in [6.45, 7) is 0.685. The lowest BCUT2D eigenvalue weighted by atomic mass is 10.3. The van der Waals surface area contributed by atoms with Gasteiger partial charge in [-0.15, -0.1) is 0 Å². The van der Waals surface area contributed by atoms with E-state index in [4.69, 9.17) is 14.2 Å². The predicted molar refractivity (Wildman–Crippen MR) is 127 cm³/mol. The fourth-order valence-corrected chi connectivity index (χ4v) is 4.70. The zero-order chi connectivity index (χ0) is 24.6. The van der Waals surface area contributed by atoms with Crippen molar-refractivity contribution in [3.8, 4) is 17.2 Å². The molecule has 34 heavy (non-hydrogen) atoms. The number of aromatic nitrogens is 2. The van der Waals surface area contributed by atoms with Crippen molar-refractivity contribution in [2.24, 2.45) is 0 Å². The van der Waals surface area contributed by atoms with Gasteiger partial charge in [0.05, 0.1) is 38.2 Å². The minimum atomic E-state index is -4.11. The Morgan fingerprint density at radius 1 is 1.03 bits per heavy atom. The van der Waals surface area contributed by atoms with Gasteiger partial charge in [-0.3, -0.25) is 9.10 Å². The molecule has 0 aliphatic rings. The van der Waals surface area contributed by atoms with Crippen molar-refractivity contribution in [1.82, 2.24) is 14.9 Å². The molecule has 1 amide bonds. The van der Waals surface area contributed by atoms with Crippen LogP contribution in [0.2, 0.25) is 0 Å². The van der Waals surface area contributed by atoms with Crippen LogP contribution >= 0.6 is 0 Å². The van der Waals surface area contributed by atoms with E-state index >= 15 is 0 Å². The van der Waals surface area contributed by atoms with Crippen LogP contribution in [0.25, 0.3) is 0 Å². The number of ether oxygens (including phenoxy) is 3. The molecule has 1 aromatic heterocycles. The third kappa shape index (κ3) is 5.98. The highest BCUT2D eigenvalue weighted by Crippen LogP contribution is 2.32. The molecule has 0 radical (unpaired) electrons. The lowest BCUT2D eigenvalue weighted by Gasteiger charge is -2.24. The van der Waals surface area contributed by atoms with Crippen LogP contribution in [0.4, 0.5) is 5.69 Å². The van der Waals surface area contributed by atoms with Gasteiger partial charge in [-0.1, -0.05) is 0 Å². The van der Waals surface area contributed by atoms with Crippen molar-refractivity contribution in [1.29, 1.82) is 0 Å². The molecule has 1 heterocycles. The van der Waals surface area contributed by atoms with Crippen LogP contribution in [0.15, 0.2) is 66.1 Å². The first kappa shape index (κ1) is 24.9. The molecule has 0 spiro atoms. The van der Waals surface area contributed by atoms with Crippen LogP contribution < -0.4 is 23.8 Å². The summed E-state index contributed by atoms with van der Waals surface area (Å²) in [6, 6.07) is 10.7. The Balaban J connectivity index is 1.82. The number of anilines is 1. The Bertz CT molecular complexity index is 1180. The third-order valence-electron chi connectivity index (χ3n) is 5.07. The molecule has 182 valence electrons. The van der Waals surface area contributed by atoms with Crippen molar-refractivity contribution >= 4 is 21.6 Å². The molecule has 0 saturated carbocycles. The normalized spacial score (nSPS) is 11.0. The van der Waals surface area contributed by atoms with E-state index in [0.29, 0.717) is 36.7 Å².